The molecule has 6 heteroatoms. The number of hydrogen-bond acceptors (Lipinski definition) is 5. The van der Waals surface area contributed by atoms with Crippen LogP contribution in [0.3, 0.4) is 0 Å². The number of aliphatic imine (C=N–C) groups is 2. The van der Waals surface area contributed by atoms with Crippen molar-refractivity contribution in [2.75, 3.05) is 0 Å². The molecule has 0 saturated carbocycles. The van der Waals surface area contributed by atoms with Gasteiger partial charge in [0.25, 0.3) is 0 Å². The van der Waals surface area contributed by atoms with Crippen molar-refractivity contribution in [3.8, 4) is 0 Å². The lowest BCUT2D eigenvalue weighted by molar-refractivity contribution is 0.00578. The quantitative estimate of drug-likeness (QED) is 0.720. The summed E-state index contributed by atoms with van der Waals surface area (Å²) >= 11 is 0. The monoisotopic (exact) mass is 251 g/mol. The summed E-state index contributed by atoms with van der Waals surface area (Å²) in [4.78, 5) is 8.49. The third-order valence-corrected chi connectivity index (χ3v) is 4.34. The highest BCUT2D eigenvalue weighted by Gasteiger charge is 2.59. The molecule has 2 unspecified atom stereocenters. The first-order valence-electron chi connectivity index (χ1n) is 6.29. The summed E-state index contributed by atoms with van der Waals surface area (Å²) in [6.45, 7) is 12.1. The van der Waals surface area contributed by atoms with E-state index in [0.717, 1.165) is 5.71 Å². The summed E-state index contributed by atoms with van der Waals surface area (Å²) in [5.41, 5.74) is 5.87. The summed E-state index contributed by atoms with van der Waals surface area (Å²) in [7, 11) is -0.387. The van der Waals surface area contributed by atoms with Gasteiger partial charge in [-0.05, 0) is 34.6 Å². The minimum atomic E-state index is -0.500. The predicted molar refractivity (Wildman–Crippen MR) is 74.0 cm³/mol. The van der Waals surface area contributed by atoms with Gasteiger partial charge in [0.2, 0.25) is 0 Å². The van der Waals surface area contributed by atoms with E-state index in [-0.39, 0.29) is 18.3 Å². The van der Waals surface area contributed by atoms with Crippen molar-refractivity contribution in [1.29, 1.82) is 0 Å². The van der Waals surface area contributed by atoms with Gasteiger partial charge in [-0.15, -0.1) is 0 Å². The van der Waals surface area contributed by atoms with Crippen molar-refractivity contribution in [2.24, 2.45) is 15.7 Å². The second-order valence-electron chi connectivity index (χ2n) is 6.28. The van der Waals surface area contributed by atoms with Gasteiger partial charge in [0.1, 0.15) is 0 Å². The van der Waals surface area contributed by atoms with Gasteiger partial charge in [0.15, 0.2) is 6.29 Å². The number of rotatable bonds is 1. The topological polar surface area (TPSA) is 69.2 Å². The summed E-state index contributed by atoms with van der Waals surface area (Å²) in [5.74, 6) is 0. The van der Waals surface area contributed by atoms with Crippen LogP contribution in [0.4, 0.5) is 0 Å². The average Bonchev–Trinajstić information content (AvgIpc) is 2.43. The Kier molecular flexibility index (Phi) is 2.96. The van der Waals surface area contributed by atoms with Gasteiger partial charge in [0.05, 0.1) is 16.5 Å². The van der Waals surface area contributed by atoms with E-state index in [4.69, 9.17) is 15.0 Å². The van der Waals surface area contributed by atoms with E-state index in [9.17, 15) is 0 Å². The van der Waals surface area contributed by atoms with E-state index >= 15 is 0 Å². The molecule has 0 spiro atoms. The highest BCUT2D eigenvalue weighted by molar-refractivity contribution is 6.61. The first-order valence-corrected chi connectivity index (χ1v) is 6.29. The van der Waals surface area contributed by atoms with Gasteiger partial charge in [-0.3, -0.25) is 15.7 Å². The van der Waals surface area contributed by atoms with Crippen molar-refractivity contribution in [2.45, 2.75) is 64.3 Å². The van der Waals surface area contributed by atoms with Gasteiger partial charge in [-0.2, -0.15) is 0 Å². The smallest absolute Gasteiger partial charge is 0.402 e. The Morgan fingerprint density at radius 3 is 2.11 bits per heavy atom. The van der Waals surface area contributed by atoms with Crippen molar-refractivity contribution in [3.05, 3.63) is 0 Å². The molecule has 5 nitrogen and oxygen atoms in total. The minimum absolute atomic E-state index is 0.353. The standard InChI is InChI=1S/C12H22BN3O2/c1-8-12(6,7-15-9(14)16-8)13-17-10(2,3)11(4,5)18-13/h7,9H,14H2,1-6H3. The Bertz CT molecular complexity index is 404. The molecule has 2 atom stereocenters. The first kappa shape index (κ1) is 13.7. The van der Waals surface area contributed by atoms with Crippen LogP contribution in [0.25, 0.3) is 0 Å². The van der Waals surface area contributed by atoms with Crippen molar-refractivity contribution in [1.82, 2.24) is 0 Å². The molecule has 100 valence electrons. The van der Waals surface area contributed by atoms with E-state index < -0.39 is 11.6 Å². The lowest BCUT2D eigenvalue weighted by Crippen LogP contribution is -2.43. The van der Waals surface area contributed by atoms with Crippen LogP contribution in [0.1, 0.15) is 41.5 Å². The second-order valence-corrected chi connectivity index (χ2v) is 6.28. The second kappa shape index (κ2) is 3.89. The largest absolute Gasteiger partial charge is 0.475 e. The number of hydrogen-bond donors (Lipinski definition) is 1. The van der Waals surface area contributed by atoms with Gasteiger partial charge < -0.3 is 9.31 Å². The molecule has 2 rings (SSSR count). The molecular weight excluding hydrogens is 229 g/mol. The zero-order valence-electron chi connectivity index (χ0n) is 12.0. The van der Waals surface area contributed by atoms with Crippen LogP contribution in [0.15, 0.2) is 9.98 Å². The molecule has 1 saturated heterocycles. The predicted octanol–water partition coefficient (Wildman–Crippen LogP) is 1.63. The maximum Gasteiger partial charge on any atom is 0.475 e. The summed E-state index contributed by atoms with van der Waals surface area (Å²) in [6, 6.07) is 0. The molecule has 0 radical (unpaired) electrons. The third kappa shape index (κ3) is 1.92. The van der Waals surface area contributed by atoms with Crippen LogP contribution in [0, 0.1) is 0 Å². The maximum atomic E-state index is 6.08. The lowest BCUT2D eigenvalue weighted by Gasteiger charge is -2.32. The fourth-order valence-corrected chi connectivity index (χ4v) is 2.01. The van der Waals surface area contributed by atoms with Crippen molar-refractivity contribution >= 4 is 19.0 Å². The van der Waals surface area contributed by atoms with Gasteiger partial charge in [-0.1, -0.05) is 6.92 Å². The molecule has 0 aromatic carbocycles. The normalized spacial score (nSPS) is 37.8. The molecule has 2 aliphatic rings. The summed E-state index contributed by atoms with van der Waals surface area (Å²) < 4.78 is 12.2. The third-order valence-electron chi connectivity index (χ3n) is 4.34. The highest BCUT2D eigenvalue weighted by atomic mass is 16.7. The van der Waals surface area contributed by atoms with Gasteiger partial charge in [0, 0.05) is 11.9 Å². The van der Waals surface area contributed by atoms with Crippen LogP contribution in [0.2, 0.25) is 5.31 Å². The molecular formula is C12H22BN3O2. The zero-order valence-corrected chi connectivity index (χ0v) is 12.0. The van der Waals surface area contributed by atoms with E-state index in [1.54, 1.807) is 0 Å². The SMILES string of the molecule is CC1=NC(N)N=CC1(C)B1OC(C)(C)C(C)(C)O1. The van der Waals surface area contributed by atoms with Crippen molar-refractivity contribution in [3.63, 3.8) is 0 Å². The molecule has 0 aromatic heterocycles. The number of nitrogens with two attached hydrogens (primary N) is 1. The average molecular weight is 251 g/mol. The molecule has 2 heterocycles. The Morgan fingerprint density at radius 1 is 1.17 bits per heavy atom. The Labute approximate surface area is 109 Å². The molecule has 0 aliphatic carbocycles. The zero-order chi connectivity index (χ0) is 13.8. The van der Waals surface area contributed by atoms with Crippen LogP contribution in [-0.4, -0.2) is 36.5 Å². The van der Waals surface area contributed by atoms with Crippen LogP contribution >= 0.6 is 0 Å². The molecule has 18 heavy (non-hydrogen) atoms. The molecule has 0 bridgehead atoms. The van der Waals surface area contributed by atoms with Gasteiger partial charge >= 0.3 is 7.12 Å². The highest BCUT2D eigenvalue weighted by Crippen LogP contribution is 2.45. The van der Waals surface area contributed by atoms with Crippen LogP contribution in [0.5, 0.6) is 0 Å². The molecule has 1 fully saturated rings. The number of nitrogens with zero attached hydrogens (tertiary/aromatic N) is 2. The maximum absolute atomic E-state index is 6.08. The molecule has 2 N–H and O–H groups in total. The van der Waals surface area contributed by atoms with E-state index in [1.807, 2.05) is 47.8 Å². The Hall–Kier alpha value is -0.715. The van der Waals surface area contributed by atoms with Crippen molar-refractivity contribution < 1.29 is 9.31 Å². The first-order chi connectivity index (χ1) is 8.08. The van der Waals surface area contributed by atoms with Gasteiger partial charge in [-0.25, -0.2) is 0 Å². The van der Waals surface area contributed by atoms with E-state index in [0.29, 0.717) is 0 Å². The van der Waals surface area contributed by atoms with Crippen LogP contribution < -0.4 is 5.73 Å². The molecule has 0 amide bonds. The summed E-state index contributed by atoms with van der Waals surface area (Å²) in [5, 5.41) is -0.457. The van der Waals surface area contributed by atoms with E-state index in [1.165, 1.54) is 0 Å². The van der Waals surface area contributed by atoms with E-state index in [2.05, 4.69) is 9.98 Å². The Morgan fingerprint density at radius 2 is 1.67 bits per heavy atom. The molecule has 2 aliphatic heterocycles. The minimum Gasteiger partial charge on any atom is -0.402 e. The van der Waals surface area contributed by atoms with Crippen LogP contribution in [-0.2, 0) is 9.31 Å². The summed E-state index contributed by atoms with van der Waals surface area (Å²) in [6.07, 6.45) is 1.31. The fraction of sp³-hybridized carbons (Fsp3) is 0.833. The lowest BCUT2D eigenvalue weighted by atomic mass is 9.56. The fourth-order valence-electron chi connectivity index (χ4n) is 2.01. The Balaban J connectivity index is 2.30. The molecule has 0 aromatic rings.